The first-order valence-electron chi connectivity index (χ1n) is 11.7. The van der Waals surface area contributed by atoms with Crippen LogP contribution in [0.3, 0.4) is 0 Å². The molecular formula is C27H38O5. The van der Waals surface area contributed by atoms with Gasteiger partial charge in [-0.25, -0.2) is 9.59 Å². The number of hydrogen-bond acceptors (Lipinski definition) is 3. The Morgan fingerprint density at radius 3 is 2.12 bits per heavy atom. The lowest BCUT2D eigenvalue weighted by Crippen LogP contribution is -2.07. The Hall–Kier alpha value is -2.66. The van der Waals surface area contributed by atoms with Crippen molar-refractivity contribution in [2.45, 2.75) is 83.3 Å². The largest absolute Gasteiger partial charge is 0.479 e. The third kappa shape index (κ3) is 15.2. The van der Waals surface area contributed by atoms with Crippen molar-refractivity contribution in [2.75, 3.05) is 0 Å². The molecule has 0 radical (unpaired) electrons. The van der Waals surface area contributed by atoms with Crippen molar-refractivity contribution in [2.24, 2.45) is 0 Å². The Morgan fingerprint density at radius 1 is 0.906 bits per heavy atom. The van der Waals surface area contributed by atoms with E-state index in [1.54, 1.807) is 6.08 Å². The molecule has 1 aliphatic heterocycles. The number of ether oxygens (including phenoxy) is 1. The summed E-state index contributed by atoms with van der Waals surface area (Å²) in [5, 5.41) is 17.0. The van der Waals surface area contributed by atoms with E-state index in [-0.39, 0.29) is 6.10 Å². The van der Waals surface area contributed by atoms with Crippen LogP contribution < -0.4 is 0 Å². The Labute approximate surface area is 192 Å². The van der Waals surface area contributed by atoms with Gasteiger partial charge in [-0.3, -0.25) is 0 Å². The van der Waals surface area contributed by atoms with E-state index in [1.807, 2.05) is 30.3 Å². The number of hydrogen-bond donors (Lipinski definition) is 2. The van der Waals surface area contributed by atoms with Crippen molar-refractivity contribution in [1.82, 2.24) is 0 Å². The van der Waals surface area contributed by atoms with Gasteiger partial charge in [0.05, 0.1) is 6.10 Å². The number of rotatable bonds is 15. The van der Waals surface area contributed by atoms with Gasteiger partial charge in [-0.15, -0.1) is 0 Å². The first-order chi connectivity index (χ1) is 15.5. The maximum Gasteiger partial charge on any atom is 0.335 e. The molecular weight excluding hydrogens is 404 g/mol. The Kier molecular flexibility index (Phi) is 15.4. The number of aliphatic carboxylic acids is 2. The molecule has 0 saturated carbocycles. The minimum Gasteiger partial charge on any atom is -0.479 e. The molecule has 1 fully saturated rings. The highest BCUT2D eigenvalue weighted by atomic mass is 16.6. The van der Waals surface area contributed by atoms with Crippen LogP contribution in [0.1, 0.15) is 76.7 Å². The third-order valence-corrected chi connectivity index (χ3v) is 4.98. The summed E-state index contributed by atoms with van der Waals surface area (Å²) in [5.74, 6) is -1.74. The van der Waals surface area contributed by atoms with E-state index in [1.165, 1.54) is 32.1 Å². The van der Waals surface area contributed by atoms with Gasteiger partial charge in [-0.1, -0.05) is 87.2 Å². The second kappa shape index (κ2) is 18.0. The molecule has 0 aromatic heterocycles. The Morgan fingerprint density at radius 2 is 1.56 bits per heavy atom. The minimum atomic E-state index is -0.922. The second-order valence-corrected chi connectivity index (χ2v) is 7.83. The molecule has 0 bridgehead atoms. The van der Waals surface area contributed by atoms with Crippen molar-refractivity contribution in [1.29, 1.82) is 0 Å². The highest BCUT2D eigenvalue weighted by Crippen LogP contribution is 2.27. The molecule has 0 spiro atoms. The third-order valence-electron chi connectivity index (χ3n) is 4.98. The lowest BCUT2D eigenvalue weighted by atomic mass is 10.1. The highest BCUT2D eigenvalue weighted by molar-refractivity contribution is 5.85. The summed E-state index contributed by atoms with van der Waals surface area (Å²) in [6, 6.07) is 9.31. The minimum absolute atomic E-state index is 0.0177. The lowest BCUT2D eigenvalue weighted by molar-refractivity contribution is -0.138. The Balaban J connectivity index is 0.000000389. The van der Waals surface area contributed by atoms with Gasteiger partial charge >= 0.3 is 11.9 Å². The van der Waals surface area contributed by atoms with Crippen LogP contribution in [0.15, 0.2) is 60.7 Å². The molecule has 176 valence electrons. The molecule has 0 amide bonds. The summed E-state index contributed by atoms with van der Waals surface area (Å²) in [5.41, 5.74) is 0.898. The molecule has 2 atom stereocenters. The summed E-state index contributed by atoms with van der Waals surface area (Å²) in [4.78, 5) is 20.7. The van der Waals surface area contributed by atoms with Gasteiger partial charge in [0, 0.05) is 6.08 Å². The van der Waals surface area contributed by atoms with Gasteiger partial charge in [0.1, 0.15) is 0 Å². The van der Waals surface area contributed by atoms with E-state index in [2.05, 4.69) is 31.2 Å². The number of benzene rings is 1. The van der Waals surface area contributed by atoms with Gasteiger partial charge in [-0.2, -0.15) is 0 Å². The zero-order chi connectivity index (χ0) is 23.4. The molecule has 1 saturated heterocycles. The van der Waals surface area contributed by atoms with Gasteiger partial charge in [0.15, 0.2) is 6.10 Å². The van der Waals surface area contributed by atoms with E-state index >= 15 is 0 Å². The molecule has 1 aromatic rings. The fourth-order valence-electron chi connectivity index (χ4n) is 3.11. The monoisotopic (exact) mass is 442 g/mol. The lowest BCUT2D eigenvalue weighted by Gasteiger charge is -1.96. The number of unbranched alkanes of at least 4 members (excludes halogenated alkanes) is 6. The van der Waals surface area contributed by atoms with E-state index in [4.69, 9.17) is 14.9 Å². The predicted octanol–water partition coefficient (Wildman–Crippen LogP) is 6.66. The molecule has 1 heterocycles. The van der Waals surface area contributed by atoms with Crippen LogP contribution in [0.25, 0.3) is 6.08 Å². The summed E-state index contributed by atoms with van der Waals surface area (Å²) in [6.45, 7) is 2.23. The number of carboxylic acids is 2. The maximum atomic E-state index is 10.6. The van der Waals surface area contributed by atoms with Crippen molar-refractivity contribution in [3.05, 3.63) is 66.3 Å². The van der Waals surface area contributed by atoms with Crippen LogP contribution in [0.5, 0.6) is 0 Å². The molecule has 5 heteroatoms. The average molecular weight is 443 g/mol. The van der Waals surface area contributed by atoms with Gasteiger partial charge in [0.2, 0.25) is 0 Å². The van der Waals surface area contributed by atoms with Gasteiger partial charge in [0.25, 0.3) is 0 Å². The first kappa shape index (κ1) is 27.4. The van der Waals surface area contributed by atoms with Crippen molar-refractivity contribution < 1.29 is 24.5 Å². The number of epoxide rings is 1. The van der Waals surface area contributed by atoms with Crippen LogP contribution in [-0.4, -0.2) is 34.4 Å². The molecule has 1 aliphatic rings. The molecule has 2 rings (SSSR count). The number of carbonyl (C=O) groups is 2. The van der Waals surface area contributed by atoms with Crippen LogP contribution >= 0.6 is 0 Å². The molecule has 5 nitrogen and oxygen atoms in total. The van der Waals surface area contributed by atoms with Crippen LogP contribution in [0.4, 0.5) is 0 Å². The summed E-state index contributed by atoms with van der Waals surface area (Å²) in [6.07, 6.45) is 22.8. The topological polar surface area (TPSA) is 87.1 Å². The van der Waals surface area contributed by atoms with E-state index < -0.39 is 18.0 Å². The first-order valence-corrected chi connectivity index (χ1v) is 11.7. The Bertz CT molecular complexity index is 721. The number of allylic oxidation sites excluding steroid dienone is 4. The van der Waals surface area contributed by atoms with Crippen molar-refractivity contribution in [3.8, 4) is 0 Å². The molecule has 2 N–H and O–H groups in total. The van der Waals surface area contributed by atoms with Crippen molar-refractivity contribution >= 4 is 18.0 Å². The maximum absolute atomic E-state index is 10.6. The van der Waals surface area contributed by atoms with Gasteiger partial charge < -0.3 is 14.9 Å². The molecule has 1 aromatic carbocycles. The summed E-state index contributed by atoms with van der Waals surface area (Å²) < 4.78 is 5.06. The fraction of sp³-hybridized carbons (Fsp3) is 0.481. The second-order valence-electron chi connectivity index (χ2n) is 7.83. The quantitative estimate of drug-likeness (QED) is 0.137. The normalized spacial score (nSPS) is 17.5. The van der Waals surface area contributed by atoms with E-state index in [9.17, 15) is 9.59 Å². The SMILES string of the molecule is CCCCC/C=C\C/C=C\CCCCCC1OC1C(=O)O.O=C(O)C=Cc1ccccc1. The smallest absolute Gasteiger partial charge is 0.335 e. The summed E-state index contributed by atoms with van der Waals surface area (Å²) in [7, 11) is 0. The number of carboxylic acid groups (broad SMARTS) is 2. The molecule has 32 heavy (non-hydrogen) atoms. The van der Waals surface area contributed by atoms with Gasteiger partial charge in [-0.05, 0) is 50.2 Å². The van der Waals surface area contributed by atoms with E-state index in [0.717, 1.165) is 43.7 Å². The summed E-state index contributed by atoms with van der Waals surface area (Å²) >= 11 is 0. The molecule has 2 unspecified atom stereocenters. The zero-order valence-corrected chi connectivity index (χ0v) is 19.2. The zero-order valence-electron chi connectivity index (χ0n) is 19.2. The standard InChI is InChI=1S/C18H30O3.C9H8O2/c1-2-3-4-5-6-7-8-9-10-11-12-13-14-15-16-17(21-16)18(19)20;10-9(11)7-6-8-4-2-1-3-5-8/h6-7,9-10,16-17H,2-5,8,11-15H2,1H3,(H,19,20);1-7H,(H,10,11)/b7-6-,10-9-;. The average Bonchev–Trinajstić information content (AvgIpc) is 3.57. The predicted molar refractivity (Wildman–Crippen MR) is 130 cm³/mol. The van der Waals surface area contributed by atoms with Crippen molar-refractivity contribution in [3.63, 3.8) is 0 Å². The fourth-order valence-corrected chi connectivity index (χ4v) is 3.11. The van der Waals surface area contributed by atoms with E-state index in [0.29, 0.717) is 0 Å². The molecule has 0 aliphatic carbocycles. The van der Waals surface area contributed by atoms with Crippen LogP contribution in [0.2, 0.25) is 0 Å². The highest BCUT2D eigenvalue weighted by Gasteiger charge is 2.44. The van der Waals surface area contributed by atoms with Crippen LogP contribution in [-0.2, 0) is 14.3 Å². The van der Waals surface area contributed by atoms with Crippen LogP contribution in [0, 0.1) is 0 Å².